The van der Waals surface area contributed by atoms with Crippen molar-refractivity contribution >= 4 is 11.7 Å². The molecule has 2 aromatic carbocycles. The number of urea groups is 1. The monoisotopic (exact) mass is 380 g/mol. The van der Waals surface area contributed by atoms with Gasteiger partial charge < -0.3 is 20.4 Å². The molecular formula is C23H32N4O. The van der Waals surface area contributed by atoms with Crippen LogP contribution in [0.5, 0.6) is 0 Å². The number of hydrogen-bond acceptors (Lipinski definition) is 3. The van der Waals surface area contributed by atoms with E-state index in [-0.39, 0.29) is 12.1 Å². The number of amides is 2. The highest BCUT2D eigenvalue weighted by molar-refractivity contribution is 5.89. The predicted molar refractivity (Wildman–Crippen MR) is 116 cm³/mol. The maximum absolute atomic E-state index is 12.6. The van der Waals surface area contributed by atoms with E-state index in [1.165, 1.54) is 18.4 Å². The third kappa shape index (κ3) is 5.81. The standard InChI is InChI=1S/C23H32N4O/c1-18-9-11-20(12-10-18)24-23(28)25-22(19-7-5-4-6-8-19)17-27(3)21-13-15-26(2)16-14-21/h4-12,21-22H,13-17H2,1-3H3,(H2,24,25,28)/t22-/m1/s1. The van der Waals surface area contributed by atoms with Crippen LogP contribution in [0.25, 0.3) is 0 Å². The number of rotatable bonds is 6. The molecule has 150 valence electrons. The van der Waals surface area contributed by atoms with Gasteiger partial charge in [-0.2, -0.15) is 0 Å². The first kappa shape index (κ1) is 20.4. The van der Waals surface area contributed by atoms with Crippen molar-refractivity contribution in [2.45, 2.75) is 31.8 Å². The maximum Gasteiger partial charge on any atom is 0.319 e. The Bertz CT molecular complexity index is 739. The van der Waals surface area contributed by atoms with Crippen LogP contribution in [0.2, 0.25) is 0 Å². The first-order chi connectivity index (χ1) is 13.5. The summed E-state index contributed by atoms with van der Waals surface area (Å²) in [7, 11) is 4.35. The van der Waals surface area contributed by atoms with E-state index < -0.39 is 0 Å². The van der Waals surface area contributed by atoms with E-state index in [4.69, 9.17) is 0 Å². The van der Waals surface area contributed by atoms with E-state index in [1.54, 1.807) is 0 Å². The lowest BCUT2D eigenvalue weighted by Crippen LogP contribution is -2.46. The molecule has 0 unspecified atom stereocenters. The van der Waals surface area contributed by atoms with E-state index in [0.29, 0.717) is 6.04 Å². The molecule has 5 heteroatoms. The van der Waals surface area contributed by atoms with Crippen molar-refractivity contribution in [2.24, 2.45) is 0 Å². The van der Waals surface area contributed by atoms with Gasteiger partial charge in [-0.05, 0) is 64.6 Å². The molecule has 1 aliphatic rings. The van der Waals surface area contributed by atoms with E-state index in [2.05, 4.69) is 46.7 Å². The molecule has 0 aliphatic carbocycles. The fourth-order valence-electron chi connectivity index (χ4n) is 3.75. The average molecular weight is 381 g/mol. The summed E-state index contributed by atoms with van der Waals surface area (Å²) in [6, 6.07) is 18.4. The van der Waals surface area contributed by atoms with Gasteiger partial charge in [0.15, 0.2) is 0 Å². The summed E-state index contributed by atoms with van der Waals surface area (Å²) in [5, 5.41) is 6.13. The summed E-state index contributed by atoms with van der Waals surface area (Å²) in [6.07, 6.45) is 2.34. The third-order valence-electron chi connectivity index (χ3n) is 5.60. The van der Waals surface area contributed by atoms with E-state index >= 15 is 0 Å². The first-order valence-electron chi connectivity index (χ1n) is 10.1. The van der Waals surface area contributed by atoms with Crippen LogP contribution in [0, 0.1) is 6.92 Å². The molecule has 28 heavy (non-hydrogen) atoms. The molecule has 1 saturated heterocycles. The molecule has 0 bridgehead atoms. The van der Waals surface area contributed by atoms with Crippen LogP contribution in [0.3, 0.4) is 0 Å². The Labute approximate surface area is 168 Å². The van der Waals surface area contributed by atoms with Gasteiger partial charge in [0, 0.05) is 18.3 Å². The second kappa shape index (κ2) is 9.71. The lowest BCUT2D eigenvalue weighted by molar-refractivity contribution is 0.135. The molecule has 0 saturated carbocycles. The molecule has 1 fully saturated rings. The van der Waals surface area contributed by atoms with Gasteiger partial charge in [-0.3, -0.25) is 0 Å². The topological polar surface area (TPSA) is 47.6 Å². The lowest BCUT2D eigenvalue weighted by atomic mass is 10.0. The molecule has 2 amide bonds. The molecule has 2 N–H and O–H groups in total. The number of carbonyl (C=O) groups is 1. The highest BCUT2D eigenvalue weighted by Gasteiger charge is 2.24. The van der Waals surface area contributed by atoms with Gasteiger partial charge in [-0.1, -0.05) is 48.0 Å². The minimum absolute atomic E-state index is 0.0590. The summed E-state index contributed by atoms with van der Waals surface area (Å²) in [5.74, 6) is 0. The van der Waals surface area contributed by atoms with Crippen molar-refractivity contribution in [3.63, 3.8) is 0 Å². The van der Waals surface area contributed by atoms with Crippen LogP contribution >= 0.6 is 0 Å². The van der Waals surface area contributed by atoms with Crippen molar-refractivity contribution in [3.05, 3.63) is 65.7 Å². The number of nitrogens with zero attached hydrogens (tertiary/aromatic N) is 2. The molecule has 1 atom stereocenters. The fraction of sp³-hybridized carbons (Fsp3) is 0.435. The van der Waals surface area contributed by atoms with Gasteiger partial charge >= 0.3 is 6.03 Å². The van der Waals surface area contributed by atoms with Gasteiger partial charge in [-0.15, -0.1) is 0 Å². The van der Waals surface area contributed by atoms with Gasteiger partial charge in [0.25, 0.3) is 0 Å². The van der Waals surface area contributed by atoms with Crippen LogP contribution in [-0.2, 0) is 0 Å². The van der Waals surface area contributed by atoms with Gasteiger partial charge in [-0.25, -0.2) is 4.79 Å². The van der Waals surface area contributed by atoms with Gasteiger partial charge in [0.05, 0.1) is 6.04 Å². The number of nitrogens with one attached hydrogen (secondary N) is 2. The molecule has 1 heterocycles. The number of anilines is 1. The Hall–Kier alpha value is -2.37. The summed E-state index contributed by atoms with van der Waals surface area (Å²) in [6.45, 7) is 5.09. The van der Waals surface area contributed by atoms with Crippen LogP contribution in [0.15, 0.2) is 54.6 Å². The van der Waals surface area contributed by atoms with Crippen molar-refractivity contribution < 1.29 is 4.79 Å². The second-order valence-corrected chi connectivity index (χ2v) is 7.90. The van der Waals surface area contributed by atoms with Crippen LogP contribution in [0.1, 0.15) is 30.0 Å². The van der Waals surface area contributed by atoms with Crippen molar-refractivity contribution in [3.8, 4) is 0 Å². The van der Waals surface area contributed by atoms with Gasteiger partial charge in [0.1, 0.15) is 0 Å². The number of carbonyl (C=O) groups excluding carboxylic acids is 1. The fourth-order valence-corrected chi connectivity index (χ4v) is 3.75. The molecule has 0 radical (unpaired) electrons. The predicted octanol–water partition coefficient (Wildman–Crippen LogP) is 3.88. The maximum atomic E-state index is 12.6. The highest BCUT2D eigenvalue weighted by Crippen LogP contribution is 2.20. The summed E-state index contributed by atoms with van der Waals surface area (Å²) in [4.78, 5) is 17.4. The minimum atomic E-state index is -0.172. The summed E-state index contributed by atoms with van der Waals surface area (Å²) in [5.41, 5.74) is 3.10. The Morgan fingerprint density at radius 2 is 1.75 bits per heavy atom. The third-order valence-corrected chi connectivity index (χ3v) is 5.60. The summed E-state index contributed by atoms with van der Waals surface area (Å²) < 4.78 is 0. The minimum Gasteiger partial charge on any atom is -0.330 e. The molecule has 5 nitrogen and oxygen atoms in total. The van der Waals surface area contributed by atoms with Crippen molar-refractivity contribution in [1.29, 1.82) is 0 Å². The number of likely N-dealkylation sites (tertiary alicyclic amines) is 1. The average Bonchev–Trinajstić information content (AvgIpc) is 2.70. The zero-order valence-corrected chi connectivity index (χ0v) is 17.2. The zero-order chi connectivity index (χ0) is 19.9. The SMILES string of the molecule is Cc1ccc(NC(=O)N[C@H](CN(C)C2CCN(C)CC2)c2ccccc2)cc1. The van der Waals surface area contributed by atoms with Crippen molar-refractivity contribution in [1.82, 2.24) is 15.1 Å². The Balaban J connectivity index is 1.65. The number of benzene rings is 2. The quantitative estimate of drug-likeness (QED) is 0.799. The number of hydrogen-bond donors (Lipinski definition) is 2. The number of aryl methyl sites for hydroxylation is 1. The Morgan fingerprint density at radius 3 is 2.39 bits per heavy atom. The van der Waals surface area contributed by atoms with Crippen molar-refractivity contribution in [2.75, 3.05) is 39.0 Å². The summed E-state index contributed by atoms with van der Waals surface area (Å²) >= 11 is 0. The van der Waals surface area contributed by atoms with E-state index in [1.807, 2.05) is 49.4 Å². The number of piperidine rings is 1. The normalized spacial score (nSPS) is 16.7. The molecule has 0 spiro atoms. The lowest BCUT2D eigenvalue weighted by Gasteiger charge is -2.37. The van der Waals surface area contributed by atoms with E-state index in [0.717, 1.165) is 30.9 Å². The Kier molecular flexibility index (Phi) is 7.06. The molecule has 1 aliphatic heterocycles. The molecule has 0 aromatic heterocycles. The molecular weight excluding hydrogens is 348 g/mol. The molecule has 2 aromatic rings. The van der Waals surface area contributed by atoms with Gasteiger partial charge in [0.2, 0.25) is 0 Å². The zero-order valence-electron chi connectivity index (χ0n) is 17.2. The highest BCUT2D eigenvalue weighted by atomic mass is 16.2. The van der Waals surface area contributed by atoms with Crippen LogP contribution < -0.4 is 10.6 Å². The van der Waals surface area contributed by atoms with Crippen LogP contribution in [-0.4, -0.2) is 55.6 Å². The van der Waals surface area contributed by atoms with E-state index in [9.17, 15) is 4.79 Å². The smallest absolute Gasteiger partial charge is 0.319 e. The largest absolute Gasteiger partial charge is 0.330 e. The first-order valence-corrected chi connectivity index (χ1v) is 10.1. The Morgan fingerprint density at radius 1 is 1.11 bits per heavy atom. The number of likely N-dealkylation sites (N-methyl/N-ethyl adjacent to an activating group) is 1. The second-order valence-electron chi connectivity index (χ2n) is 7.90. The van der Waals surface area contributed by atoms with Crippen LogP contribution in [0.4, 0.5) is 10.5 Å². The molecule has 3 rings (SSSR count).